The molecule has 0 aliphatic carbocycles. The first kappa shape index (κ1) is 10.1. The van der Waals surface area contributed by atoms with Crippen LogP contribution in [-0.4, -0.2) is 18.1 Å². The van der Waals surface area contributed by atoms with Crippen LogP contribution in [-0.2, 0) is 9.53 Å². The van der Waals surface area contributed by atoms with Crippen LogP contribution in [0.1, 0.15) is 34.1 Å². The fourth-order valence-electron chi connectivity index (χ4n) is 1.26. The molecule has 0 saturated heterocycles. The summed E-state index contributed by atoms with van der Waals surface area (Å²) in [5.74, 6) is -0.185. The third kappa shape index (κ3) is 2.76. The fourth-order valence-corrected chi connectivity index (χ4v) is 1.26. The number of esters is 1. The molecule has 1 aliphatic rings. The highest BCUT2D eigenvalue weighted by atomic mass is 16.6. The van der Waals surface area contributed by atoms with Crippen molar-refractivity contribution in [1.82, 2.24) is 5.32 Å². The molecular formula is C10H17NO2. The molecule has 1 rings (SSSR count). The molecule has 0 amide bonds. The van der Waals surface area contributed by atoms with Gasteiger partial charge in [0.2, 0.25) is 0 Å². The molecule has 0 radical (unpaired) electrons. The molecular weight excluding hydrogens is 166 g/mol. The van der Waals surface area contributed by atoms with E-state index in [-0.39, 0.29) is 5.97 Å². The van der Waals surface area contributed by atoms with Crippen molar-refractivity contribution in [2.75, 3.05) is 6.54 Å². The zero-order valence-corrected chi connectivity index (χ0v) is 8.73. The molecule has 3 heteroatoms. The predicted molar refractivity (Wildman–Crippen MR) is 51.2 cm³/mol. The maximum atomic E-state index is 11.6. The molecule has 0 aromatic rings. The van der Waals surface area contributed by atoms with Gasteiger partial charge in [0.15, 0.2) is 0 Å². The van der Waals surface area contributed by atoms with Crippen molar-refractivity contribution < 1.29 is 9.53 Å². The summed E-state index contributed by atoms with van der Waals surface area (Å²) in [6.07, 6.45) is 0.779. The van der Waals surface area contributed by atoms with E-state index < -0.39 is 5.60 Å². The van der Waals surface area contributed by atoms with Gasteiger partial charge in [-0.3, -0.25) is 0 Å². The van der Waals surface area contributed by atoms with Gasteiger partial charge in [-0.05, 0) is 34.1 Å². The Bertz CT molecular complexity index is 248. The second-order valence-electron chi connectivity index (χ2n) is 4.28. The molecule has 0 aromatic heterocycles. The van der Waals surface area contributed by atoms with Crippen molar-refractivity contribution in [3.63, 3.8) is 0 Å². The van der Waals surface area contributed by atoms with Gasteiger partial charge in [-0.15, -0.1) is 0 Å². The summed E-state index contributed by atoms with van der Waals surface area (Å²) in [6.45, 7) is 8.39. The molecule has 0 aromatic carbocycles. The fraction of sp³-hybridized carbons (Fsp3) is 0.700. The van der Waals surface area contributed by atoms with Gasteiger partial charge in [-0.25, -0.2) is 4.79 Å². The third-order valence-electron chi connectivity index (χ3n) is 1.86. The van der Waals surface area contributed by atoms with E-state index in [1.807, 2.05) is 27.7 Å². The number of nitrogens with one attached hydrogen (secondary N) is 1. The molecule has 0 spiro atoms. The Labute approximate surface area is 79.2 Å². The summed E-state index contributed by atoms with van der Waals surface area (Å²) < 4.78 is 5.26. The molecule has 1 aliphatic heterocycles. The second kappa shape index (κ2) is 3.40. The second-order valence-corrected chi connectivity index (χ2v) is 4.28. The van der Waals surface area contributed by atoms with Crippen LogP contribution in [0, 0.1) is 0 Å². The topological polar surface area (TPSA) is 38.3 Å². The average Bonchev–Trinajstić information content (AvgIpc) is 2.30. The Morgan fingerprint density at radius 1 is 1.46 bits per heavy atom. The summed E-state index contributed by atoms with van der Waals surface area (Å²) in [4.78, 5) is 11.6. The largest absolute Gasteiger partial charge is 0.457 e. The highest BCUT2D eigenvalue weighted by Gasteiger charge is 2.23. The summed E-state index contributed by atoms with van der Waals surface area (Å²) in [7, 11) is 0. The Hall–Kier alpha value is -0.990. The first-order chi connectivity index (χ1) is 5.90. The van der Waals surface area contributed by atoms with Gasteiger partial charge in [0.1, 0.15) is 5.60 Å². The Balaban J connectivity index is 2.64. The highest BCUT2D eigenvalue weighted by Crippen LogP contribution is 2.18. The molecule has 74 valence electrons. The lowest BCUT2D eigenvalue weighted by Gasteiger charge is -2.19. The van der Waals surface area contributed by atoms with Crippen molar-refractivity contribution in [2.45, 2.75) is 39.7 Å². The number of hydrogen-bond donors (Lipinski definition) is 1. The Morgan fingerprint density at radius 3 is 2.46 bits per heavy atom. The number of carbonyl (C=O) groups excluding carboxylic acids is 1. The van der Waals surface area contributed by atoms with E-state index in [1.54, 1.807) is 0 Å². The van der Waals surface area contributed by atoms with E-state index in [0.717, 1.165) is 24.2 Å². The quantitative estimate of drug-likeness (QED) is 0.627. The summed E-state index contributed by atoms with van der Waals surface area (Å²) in [6, 6.07) is 0. The molecule has 13 heavy (non-hydrogen) atoms. The molecule has 0 atom stereocenters. The summed E-state index contributed by atoms with van der Waals surface area (Å²) in [5.41, 5.74) is 1.34. The van der Waals surface area contributed by atoms with E-state index in [1.165, 1.54) is 0 Å². The van der Waals surface area contributed by atoms with Crippen molar-refractivity contribution in [2.24, 2.45) is 0 Å². The first-order valence-electron chi connectivity index (χ1n) is 4.57. The van der Waals surface area contributed by atoms with Gasteiger partial charge in [0.25, 0.3) is 0 Å². The minimum absolute atomic E-state index is 0.185. The Morgan fingerprint density at radius 2 is 2.08 bits per heavy atom. The minimum atomic E-state index is -0.396. The average molecular weight is 183 g/mol. The maximum Gasteiger partial charge on any atom is 0.336 e. The molecule has 0 saturated carbocycles. The Kier molecular flexibility index (Phi) is 2.64. The van der Waals surface area contributed by atoms with Crippen LogP contribution in [0.3, 0.4) is 0 Å². The number of allylic oxidation sites excluding steroid dienone is 1. The van der Waals surface area contributed by atoms with E-state index in [4.69, 9.17) is 4.74 Å². The van der Waals surface area contributed by atoms with Crippen LogP contribution < -0.4 is 5.32 Å². The summed E-state index contributed by atoms with van der Waals surface area (Å²) >= 11 is 0. The zero-order chi connectivity index (χ0) is 10.1. The molecule has 0 unspecified atom stereocenters. The summed E-state index contributed by atoms with van der Waals surface area (Å²) in [5, 5.41) is 3.12. The maximum absolute atomic E-state index is 11.6. The van der Waals surface area contributed by atoms with E-state index >= 15 is 0 Å². The standard InChI is InChI=1S/C10H17NO2/c1-7-8(5-6-11-7)9(12)13-10(2,3)4/h11H,5-6H2,1-4H3. The van der Waals surface area contributed by atoms with Crippen LogP contribution in [0.2, 0.25) is 0 Å². The van der Waals surface area contributed by atoms with Crippen molar-refractivity contribution >= 4 is 5.97 Å². The molecule has 1 heterocycles. The van der Waals surface area contributed by atoms with Gasteiger partial charge in [0, 0.05) is 12.2 Å². The normalized spacial score (nSPS) is 17.2. The molecule has 0 bridgehead atoms. The lowest BCUT2D eigenvalue weighted by Crippen LogP contribution is -2.24. The van der Waals surface area contributed by atoms with E-state index in [0.29, 0.717) is 0 Å². The molecule has 1 N–H and O–H groups in total. The van der Waals surface area contributed by atoms with Gasteiger partial charge in [-0.2, -0.15) is 0 Å². The van der Waals surface area contributed by atoms with E-state index in [9.17, 15) is 4.79 Å². The van der Waals surface area contributed by atoms with Crippen LogP contribution in [0.25, 0.3) is 0 Å². The van der Waals surface area contributed by atoms with Gasteiger partial charge >= 0.3 is 5.97 Å². The lowest BCUT2D eigenvalue weighted by molar-refractivity contribution is -0.150. The molecule has 0 fully saturated rings. The van der Waals surface area contributed by atoms with Crippen molar-refractivity contribution in [3.05, 3.63) is 11.3 Å². The van der Waals surface area contributed by atoms with E-state index in [2.05, 4.69) is 5.32 Å². The van der Waals surface area contributed by atoms with Crippen molar-refractivity contribution in [1.29, 1.82) is 0 Å². The lowest BCUT2D eigenvalue weighted by atomic mass is 10.1. The number of carbonyl (C=O) groups is 1. The number of hydrogen-bond acceptors (Lipinski definition) is 3. The number of ether oxygens (including phenoxy) is 1. The van der Waals surface area contributed by atoms with Crippen molar-refractivity contribution in [3.8, 4) is 0 Å². The van der Waals surface area contributed by atoms with Gasteiger partial charge < -0.3 is 10.1 Å². The third-order valence-corrected chi connectivity index (χ3v) is 1.86. The van der Waals surface area contributed by atoms with Crippen LogP contribution in [0.5, 0.6) is 0 Å². The first-order valence-corrected chi connectivity index (χ1v) is 4.57. The zero-order valence-electron chi connectivity index (χ0n) is 8.73. The smallest absolute Gasteiger partial charge is 0.336 e. The van der Waals surface area contributed by atoms with Crippen LogP contribution in [0.4, 0.5) is 0 Å². The van der Waals surface area contributed by atoms with Gasteiger partial charge in [0.05, 0.1) is 5.57 Å². The molecule has 3 nitrogen and oxygen atoms in total. The SMILES string of the molecule is CC1=C(C(=O)OC(C)(C)C)CCN1. The van der Waals surface area contributed by atoms with Crippen LogP contribution >= 0.6 is 0 Å². The highest BCUT2D eigenvalue weighted by molar-refractivity contribution is 5.90. The minimum Gasteiger partial charge on any atom is -0.457 e. The number of rotatable bonds is 1. The van der Waals surface area contributed by atoms with Gasteiger partial charge in [-0.1, -0.05) is 0 Å². The predicted octanol–water partition coefficient (Wildman–Crippen LogP) is 1.60. The van der Waals surface area contributed by atoms with Crippen LogP contribution in [0.15, 0.2) is 11.3 Å². The monoisotopic (exact) mass is 183 g/mol.